The van der Waals surface area contributed by atoms with Crippen molar-refractivity contribution >= 4 is 35.0 Å². The zero-order chi connectivity index (χ0) is 23.4. The van der Waals surface area contributed by atoms with Crippen molar-refractivity contribution in [3.8, 4) is 0 Å². The second-order valence-electron chi connectivity index (χ2n) is 8.21. The predicted octanol–water partition coefficient (Wildman–Crippen LogP) is 3.95. The molecule has 166 valence electrons. The second kappa shape index (κ2) is 9.20. The van der Waals surface area contributed by atoms with E-state index in [1.165, 1.54) is 0 Å². The molecule has 0 radical (unpaired) electrons. The molecule has 0 aliphatic carbocycles. The van der Waals surface area contributed by atoms with Crippen LogP contribution in [-0.2, 0) is 32.9 Å². The van der Waals surface area contributed by atoms with Crippen molar-refractivity contribution in [2.24, 2.45) is 10.7 Å². The van der Waals surface area contributed by atoms with Crippen LogP contribution in [0.1, 0.15) is 30.0 Å². The van der Waals surface area contributed by atoms with Crippen LogP contribution in [0.5, 0.6) is 0 Å². The maximum Gasteiger partial charge on any atom is 0.240 e. The van der Waals surface area contributed by atoms with Gasteiger partial charge in [0.05, 0.1) is 23.3 Å². The molecule has 3 N–H and O–H groups in total. The first-order valence-corrected chi connectivity index (χ1v) is 10.6. The Hall–Kier alpha value is -4.06. The average molecular weight is 441 g/mol. The van der Waals surface area contributed by atoms with E-state index in [9.17, 15) is 14.4 Å². The molecule has 7 nitrogen and oxygen atoms in total. The molecule has 7 heteroatoms. The summed E-state index contributed by atoms with van der Waals surface area (Å²) in [6, 6.07) is 22.0. The molecule has 0 saturated carbocycles. The van der Waals surface area contributed by atoms with E-state index in [0.717, 1.165) is 11.1 Å². The maximum absolute atomic E-state index is 13.7. The molecular weight excluding hydrogens is 416 g/mol. The highest BCUT2D eigenvalue weighted by molar-refractivity contribution is 6.12. The highest BCUT2D eigenvalue weighted by Gasteiger charge is 2.50. The van der Waals surface area contributed by atoms with E-state index in [1.54, 1.807) is 42.2 Å². The number of carbonyl (C=O) groups excluding carboxylic acids is 3. The zero-order valence-corrected chi connectivity index (χ0v) is 18.2. The van der Waals surface area contributed by atoms with Crippen LogP contribution in [0.25, 0.3) is 0 Å². The van der Waals surface area contributed by atoms with Gasteiger partial charge in [-0.2, -0.15) is 4.99 Å². The molecule has 0 saturated heterocycles. The SMILES string of the molecule is CC1(CC(=O)Nc2ccc(CN)cc2)C(=O)N(Cc2ccccc2)c2cccc(N=C=O)c21. The summed E-state index contributed by atoms with van der Waals surface area (Å²) in [6.45, 7) is 2.48. The van der Waals surface area contributed by atoms with Gasteiger partial charge in [-0.1, -0.05) is 48.5 Å². The molecule has 1 aliphatic rings. The van der Waals surface area contributed by atoms with Gasteiger partial charge >= 0.3 is 0 Å². The fourth-order valence-corrected chi connectivity index (χ4v) is 4.31. The topological polar surface area (TPSA) is 105 Å². The summed E-state index contributed by atoms with van der Waals surface area (Å²) >= 11 is 0. The van der Waals surface area contributed by atoms with Crippen LogP contribution in [0.2, 0.25) is 0 Å². The Morgan fingerprint density at radius 1 is 1.03 bits per heavy atom. The summed E-state index contributed by atoms with van der Waals surface area (Å²) in [5.41, 5.74) is 8.50. The summed E-state index contributed by atoms with van der Waals surface area (Å²) < 4.78 is 0. The molecule has 1 unspecified atom stereocenters. The third kappa shape index (κ3) is 4.32. The van der Waals surface area contributed by atoms with Crippen LogP contribution in [0.4, 0.5) is 17.1 Å². The number of hydrogen-bond donors (Lipinski definition) is 2. The first kappa shape index (κ1) is 22.1. The monoisotopic (exact) mass is 440 g/mol. The largest absolute Gasteiger partial charge is 0.326 e. The van der Waals surface area contributed by atoms with Gasteiger partial charge in [-0.3, -0.25) is 9.59 Å². The number of anilines is 2. The lowest BCUT2D eigenvalue weighted by molar-refractivity contribution is -0.127. The number of nitrogens with zero attached hydrogens (tertiary/aromatic N) is 2. The number of benzene rings is 3. The third-order valence-electron chi connectivity index (χ3n) is 5.92. The van der Waals surface area contributed by atoms with Gasteiger partial charge in [-0.15, -0.1) is 0 Å². The summed E-state index contributed by atoms with van der Waals surface area (Å²) in [5, 5.41) is 2.85. The summed E-state index contributed by atoms with van der Waals surface area (Å²) in [7, 11) is 0. The lowest BCUT2D eigenvalue weighted by Gasteiger charge is -2.24. The molecule has 4 rings (SSSR count). The minimum Gasteiger partial charge on any atom is -0.326 e. The van der Waals surface area contributed by atoms with Crippen molar-refractivity contribution in [3.63, 3.8) is 0 Å². The van der Waals surface area contributed by atoms with Crippen molar-refractivity contribution in [1.29, 1.82) is 0 Å². The number of nitrogens with one attached hydrogen (secondary N) is 1. The van der Waals surface area contributed by atoms with Gasteiger partial charge in [0.15, 0.2) is 0 Å². The van der Waals surface area contributed by atoms with Crippen LogP contribution >= 0.6 is 0 Å². The normalized spacial score (nSPS) is 16.8. The van der Waals surface area contributed by atoms with E-state index in [1.807, 2.05) is 48.5 Å². The van der Waals surface area contributed by atoms with E-state index < -0.39 is 5.41 Å². The van der Waals surface area contributed by atoms with Crippen LogP contribution in [0.15, 0.2) is 77.8 Å². The predicted molar refractivity (Wildman–Crippen MR) is 127 cm³/mol. The number of hydrogen-bond acceptors (Lipinski definition) is 5. The summed E-state index contributed by atoms with van der Waals surface area (Å²) in [5.74, 6) is -0.535. The van der Waals surface area contributed by atoms with E-state index in [2.05, 4.69) is 10.3 Å². The Morgan fingerprint density at radius 2 is 1.76 bits per heavy atom. The molecule has 0 aromatic heterocycles. The second-order valence-corrected chi connectivity index (χ2v) is 8.21. The number of fused-ring (bicyclic) bond motifs is 1. The molecule has 1 atom stereocenters. The van der Waals surface area contributed by atoms with Gasteiger partial charge in [0.25, 0.3) is 0 Å². The molecule has 2 amide bonds. The smallest absolute Gasteiger partial charge is 0.240 e. The highest BCUT2D eigenvalue weighted by Crippen LogP contribution is 2.49. The van der Waals surface area contributed by atoms with Gasteiger partial charge < -0.3 is 16.0 Å². The number of aliphatic imine (C=N–C) groups is 1. The molecule has 33 heavy (non-hydrogen) atoms. The standard InChI is InChI=1S/C26H24N4O3/c1-26(14-23(32)29-20-12-10-18(15-27)11-13-20)24-21(28-17-31)8-5-9-22(24)30(25(26)33)16-19-6-3-2-4-7-19/h2-13H,14-16,27H2,1H3,(H,29,32). The van der Waals surface area contributed by atoms with Gasteiger partial charge in [0, 0.05) is 24.2 Å². The van der Waals surface area contributed by atoms with Crippen molar-refractivity contribution in [3.05, 3.63) is 89.5 Å². The molecule has 3 aromatic carbocycles. The Morgan fingerprint density at radius 3 is 2.42 bits per heavy atom. The molecular formula is C26H24N4O3. The van der Waals surface area contributed by atoms with Crippen molar-refractivity contribution < 1.29 is 14.4 Å². The summed E-state index contributed by atoms with van der Waals surface area (Å²) in [4.78, 5) is 43.3. The highest BCUT2D eigenvalue weighted by atomic mass is 16.2. The Kier molecular flexibility index (Phi) is 6.18. The van der Waals surface area contributed by atoms with Crippen LogP contribution in [0, 0.1) is 0 Å². The molecule has 0 fully saturated rings. The van der Waals surface area contributed by atoms with E-state index in [-0.39, 0.29) is 18.2 Å². The van der Waals surface area contributed by atoms with Gasteiger partial charge in [0.2, 0.25) is 17.9 Å². The average Bonchev–Trinajstić information content (AvgIpc) is 3.02. The van der Waals surface area contributed by atoms with Crippen LogP contribution in [0.3, 0.4) is 0 Å². The first-order valence-electron chi connectivity index (χ1n) is 10.6. The van der Waals surface area contributed by atoms with E-state index in [4.69, 9.17) is 5.73 Å². The van der Waals surface area contributed by atoms with Crippen molar-refractivity contribution in [2.75, 3.05) is 10.2 Å². The zero-order valence-electron chi connectivity index (χ0n) is 18.2. The first-order chi connectivity index (χ1) is 16.0. The molecule has 0 spiro atoms. The van der Waals surface area contributed by atoms with E-state index in [0.29, 0.717) is 35.7 Å². The molecule has 3 aromatic rings. The Bertz CT molecular complexity index is 1230. The fourth-order valence-electron chi connectivity index (χ4n) is 4.31. The van der Waals surface area contributed by atoms with E-state index >= 15 is 0 Å². The Balaban J connectivity index is 1.68. The lowest BCUT2D eigenvalue weighted by atomic mass is 9.79. The van der Waals surface area contributed by atoms with Crippen LogP contribution < -0.4 is 16.0 Å². The molecule has 0 bridgehead atoms. The molecule has 1 aliphatic heterocycles. The Labute approximate surface area is 191 Å². The van der Waals surface area contributed by atoms with Crippen molar-refractivity contribution in [1.82, 2.24) is 0 Å². The lowest BCUT2D eigenvalue weighted by Crippen LogP contribution is -2.40. The third-order valence-corrected chi connectivity index (χ3v) is 5.92. The number of rotatable bonds is 7. The number of carbonyl (C=O) groups is 2. The number of nitrogens with two attached hydrogens (primary N) is 1. The minimum atomic E-state index is -1.19. The van der Waals surface area contributed by atoms with Gasteiger partial charge in [-0.05, 0) is 42.3 Å². The molecule has 1 heterocycles. The summed E-state index contributed by atoms with van der Waals surface area (Å²) in [6.07, 6.45) is 1.47. The minimum absolute atomic E-state index is 0.103. The number of isocyanates is 1. The number of amides is 2. The van der Waals surface area contributed by atoms with Crippen LogP contribution in [-0.4, -0.2) is 17.9 Å². The van der Waals surface area contributed by atoms with Crippen molar-refractivity contribution in [2.45, 2.75) is 31.8 Å². The van der Waals surface area contributed by atoms with Gasteiger partial charge in [-0.25, -0.2) is 4.79 Å². The maximum atomic E-state index is 13.7. The fraction of sp³-hybridized carbons (Fsp3) is 0.192. The quantitative estimate of drug-likeness (QED) is 0.429. The van der Waals surface area contributed by atoms with Gasteiger partial charge in [0.1, 0.15) is 0 Å².